The van der Waals surface area contributed by atoms with Gasteiger partial charge in [0.2, 0.25) is 0 Å². The summed E-state index contributed by atoms with van der Waals surface area (Å²) in [6.45, 7) is 7.10. The number of hydrogen-bond acceptors (Lipinski definition) is 6. The van der Waals surface area contributed by atoms with E-state index in [-0.39, 0.29) is 12.3 Å². The zero-order valence-corrected chi connectivity index (χ0v) is 12.1. The van der Waals surface area contributed by atoms with E-state index in [9.17, 15) is 20.1 Å². The van der Waals surface area contributed by atoms with Crippen LogP contribution in [0.3, 0.4) is 0 Å². The van der Waals surface area contributed by atoms with Gasteiger partial charge in [-0.1, -0.05) is 6.58 Å². The van der Waals surface area contributed by atoms with Crippen LogP contribution in [0.25, 0.3) is 0 Å². The molecule has 2 aliphatic carbocycles. The highest BCUT2D eigenvalue weighted by molar-refractivity contribution is 5.91. The maximum absolute atomic E-state index is 11.8. The number of carbonyl (C=O) groups is 1. The molecule has 0 unspecified atom stereocenters. The monoisotopic (exact) mass is 296 g/mol. The Hall–Kier alpha value is -0.950. The number of fused-ring (bicyclic) bond motifs is 5. The first-order valence-corrected chi connectivity index (χ1v) is 7.35. The molecule has 3 N–H and O–H groups in total. The van der Waals surface area contributed by atoms with Crippen LogP contribution in [-0.4, -0.2) is 56.4 Å². The van der Waals surface area contributed by atoms with E-state index in [0.29, 0.717) is 12.0 Å². The molecule has 0 radical (unpaired) electrons. The lowest BCUT2D eigenvalue weighted by Crippen LogP contribution is -2.65. The maximum Gasteiger partial charge on any atom is 0.334 e. The van der Waals surface area contributed by atoms with Crippen molar-refractivity contribution in [3.63, 3.8) is 0 Å². The third kappa shape index (κ3) is 1.31. The van der Waals surface area contributed by atoms with Gasteiger partial charge in [-0.05, 0) is 26.7 Å². The van der Waals surface area contributed by atoms with Crippen LogP contribution in [0.4, 0.5) is 0 Å². The van der Waals surface area contributed by atoms with E-state index in [1.165, 1.54) is 6.92 Å². The van der Waals surface area contributed by atoms with Crippen LogP contribution in [0.1, 0.15) is 26.7 Å². The zero-order chi connectivity index (χ0) is 15.4. The summed E-state index contributed by atoms with van der Waals surface area (Å²) in [5.74, 6) is -1.39. The number of hydrogen-bond donors (Lipinski definition) is 3. The molecule has 4 aliphatic rings. The van der Waals surface area contributed by atoms with Crippen molar-refractivity contribution >= 4 is 5.97 Å². The molecule has 0 aromatic heterocycles. The van der Waals surface area contributed by atoms with E-state index in [0.717, 1.165) is 0 Å². The minimum absolute atomic E-state index is 0.255. The van der Waals surface area contributed by atoms with Gasteiger partial charge in [-0.25, -0.2) is 4.79 Å². The first-order chi connectivity index (χ1) is 9.64. The van der Waals surface area contributed by atoms with E-state index >= 15 is 0 Å². The highest BCUT2D eigenvalue weighted by Crippen LogP contribution is 2.65. The second kappa shape index (κ2) is 3.51. The summed E-state index contributed by atoms with van der Waals surface area (Å²) in [6, 6.07) is 0. The molecule has 116 valence electrons. The van der Waals surface area contributed by atoms with Crippen molar-refractivity contribution in [3.05, 3.63) is 12.2 Å². The number of aliphatic hydroxyl groups excluding tert-OH is 1. The number of carbonyl (C=O) groups excluding carboxylic acids is 1. The van der Waals surface area contributed by atoms with Crippen molar-refractivity contribution < 1.29 is 29.6 Å². The van der Waals surface area contributed by atoms with E-state index in [2.05, 4.69) is 6.58 Å². The van der Waals surface area contributed by atoms with Crippen LogP contribution < -0.4 is 0 Å². The third-order valence-corrected chi connectivity index (χ3v) is 6.20. The summed E-state index contributed by atoms with van der Waals surface area (Å²) >= 11 is 0. The molecule has 6 nitrogen and oxygen atoms in total. The predicted molar refractivity (Wildman–Crippen MR) is 70.1 cm³/mol. The fraction of sp³-hybridized carbons (Fsp3) is 0.800. The summed E-state index contributed by atoms with van der Waals surface area (Å²) in [6.07, 6.45) is -1.61. The number of aliphatic hydroxyl groups is 3. The minimum atomic E-state index is -1.75. The molecule has 2 aliphatic heterocycles. The van der Waals surface area contributed by atoms with Gasteiger partial charge in [0.15, 0.2) is 0 Å². The Bertz CT molecular complexity index is 556. The topological polar surface area (TPSA) is 99.5 Å². The van der Waals surface area contributed by atoms with Crippen molar-refractivity contribution in [2.45, 2.75) is 61.8 Å². The highest BCUT2D eigenvalue weighted by Gasteiger charge is 2.83. The van der Waals surface area contributed by atoms with Gasteiger partial charge in [0.05, 0.1) is 11.5 Å². The van der Waals surface area contributed by atoms with Crippen LogP contribution in [0.5, 0.6) is 0 Å². The molecule has 2 saturated heterocycles. The number of ether oxygens (including phenoxy) is 2. The second-order valence-corrected chi connectivity index (χ2v) is 7.28. The van der Waals surface area contributed by atoms with Gasteiger partial charge in [0.25, 0.3) is 0 Å². The van der Waals surface area contributed by atoms with Gasteiger partial charge in [0, 0.05) is 11.5 Å². The normalized spacial score (nSPS) is 61.7. The quantitative estimate of drug-likeness (QED) is 0.317. The van der Waals surface area contributed by atoms with Crippen LogP contribution in [0, 0.1) is 11.8 Å². The largest absolute Gasteiger partial charge is 0.458 e. The molecule has 2 saturated carbocycles. The molecule has 2 heterocycles. The van der Waals surface area contributed by atoms with Crippen molar-refractivity contribution in [1.29, 1.82) is 0 Å². The first-order valence-electron chi connectivity index (χ1n) is 7.35. The zero-order valence-electron chi connectivity index (χ0n) is 12.1. The Kier molecular flexibility index (Phi) is 2.29. The molecule has 8 atom stereocenters. The summed E-state index contributed by atoms with van der Waals surface area (Å²) in [5.41, 5.74) is -3.64. The molecule has 4 rings (SSSR count). The average Bonchev–Trinajstić information content (AvgIpc) is 2.96. The molecule has 0 spiro atoms. The Morgan fingerprint density at radius 3 is 2.67 bits per heavy atom. The molecular weight excluding hydrogens is 276 g/mol. The second-order valence-electron chi connectivity index (χ2n) is 7.28. The molecule has 4 fully saturated rings. The summed E-state index contributed by atoms with van der Waals surface area (Å²) in [7, 11) is 0. The molecule has 0 amide bonds. The van der Waals surface area contributed by atoms with Gasteiger partial charge >= 0.3 is 5.97 Å². The Morgan fingerprint density at radius 1 is 1.33 bits per heavy atom. The van der Waals surface area contributed by atoms with Crippen LogP contribution in [-0.2, 0) is 14.3 Å². The van der Waals surface area contributed by atoms with Crippen molar-refractivity contribution in [2.24, 2.45) is 11.8 Å². The smallest absolute Gasteiger partial charge is 0.334 e. The molecule has 0 aromatic carbocycles. The van der Waals surface area contributed by atoms with Crippen LogP contribution in [0.15, 0.2) is 12.2 Å². The Morgan fingerprint density at radius 2 is 2.00 bits per heavy atom. The minimum Gasteiger partial charge on any atom is -0.458 e. The molecule has 0 bridgehead atoms. The predicted octanol–water partition coefficient (Wildman–Crippen LogP) is -0.492. The standard InChI is InChI=1S/C15H20O6/c1-6-7-4-5-13(2,18)15(19)9(8(7)20-12(6)17)14(3)11(21-14)10(15)16/h7-11,16,18-19H,1,4-5H2,2-3H3/t7-,8-,9-,10+,11+,13+,14-,15+/m0/s1. The highest BCUT2D eigenvalue weighted by atomic mass is 16.6. The van der Waals surface area contributed by atoms with Gasteiger partial charge in [-0.2, -0.15) is 0 Å². The van der Waals surface area contributed by atoms with Crippen LogP contribution >= 0.6 is 0 Å². The van der Waals surface area contributed by atoms with E-state index in [1.54, 1.807) is 6.92 Å². The van der Waals surface area contributed by atoms with Crippen molar-refractivity contribution in [2.75, 3.05) is 0 Å². The van der Waals surface area contributed by atoms with Gasteiger partial charge in [-0.3, -0.25) is 0 Å². The molecule has 0 aromatic rings. The summed E-state index contributed by atoms with van der Waals surface area (Å²) in [4.78, 5) is 11.8. The summed E-state index contributed by atoms with van der Waals surface area (Å²) in [5, 5.41) is 32.4. The van der Waals surface area contributed by atoms with Crippen molar-refractivity contribution in [3.8, 4) is 0 Å². The molecule has 6 heteroatoms. The average molecular weight is 296 g/mol. The third-order valence-electron chi connectivity index (χ3n) is 6.20. The number of rotatable bonds is 0. The lowest BCUT2D eigenvalue weighted by atomic mass is 9.70. The van der Waals surface area contributed by atoms with E-state index in [1.807, 2.05) is 0 Å². The van der Waals surface area contributed by atoms with E-state index < -0.39 is 47.0 Å². The first kappa shape index (κ1) is 13.7. The fourth-order valence-corrected chi connectivity index (χ4v) is 4.86. The number of esters is 1. The van der Waals surface area contributed by atoms with Gasteiger partial charge < -0.3 is 24.8 Å². The lowest BCUT2D eigenvalue weighted by molar-refractivity contribution is -0.239. The van der Waals surface area contributed by atoms with Crippen molar-refractivity contribution in [1.82, 2.24) is 0 Å². The Labute approximate surface area is 122 Å². The summed E-state index contributed by atoms with van der Waals surface area (Å²) < 4.78 is 11.0. The lowest BCUT2D eigenvalue weighted by Gasteiger charge is -2.46. The maximum atomic E-state index is 11.8. The van der Waals surface area contributed by atoms with Crippen LogP contribution in [0.2, 0.25) is 0 Å². The van der Waals surface area contributed by atoms with Gasteiger partial charge in [-0.15, -0.1) is 0 Å². The molecule has 21 heavy (non-hydrogen) atoms. The SMILES string of the molecule is C=C1C(=O)O[C@H]2[C@H]1CC[C@@](C)(O)[C@]1(O)[C@H](O)[C@H]3O[C@@]3(C)[C@H]21. The Balaban J connectivity index is 1.87. The fourth-order valence-electron chi connectivity index (χ4n) is 4.86. The number of epoxide rings is 1. The van der Waals surface area contributed by atoms with Gasteiger partial charge in [0.1, 0.15) is 29.5 Å². The van der Waals surface area contributed by atoms with E-state index in [4.69, 9.17) is 9.47 Å². The molecular formula is C15H20O6.